The largest absolute Gasteiger partial charge is 0.370 e. The summed E-state index contributed by atoms with van der Waals surface area (Å²) in [4.78, 5) is 41.4. The number of amides is 1. The van der Waals surface area contributed by atoms with Crippen LogP contribution in [0.2, 0.25) is 0 Å². The molecule has 1 atom stereocenters. The Balaban J connectivity index is 1.58. The number of carbonyl (C=O) groups is 1. The standard InChI is InChI=1S/C21H22N6O3/c1-13-19(17-7-8-22-12-23-17)25-21(26-20(13)29)27-9-10-30-18(11-27)15-3-5-16(6-4-15)24-14(2)28/h3-8,12,18H,9-11H2,1-2H3,(H,24,28)(H,25,26,29). The zero-order chi connectivity index (χ0) is 21.1. The number of hydrogen-bond donors (Lipinski definition) is 2. The maximum absolute atomic E-state index is 12.5. The maximum Gasteiger partial charge on any atom is 0.255 e. The van der Waals surface area contributed by atoms with Gasteiger partial charge < -0.3 is 15.0 Å². The van der Waals surface area contributed by atoms with Crippen molar-refractivity contribution in [1.82, 2.24) is 19.9 Å². The van der Waals surface area contributed by atoms with E-state index in [1.54, 1.807) is 19.2 Å². The number of nitrogens with one attached hydrogen (secondary N) is 2. The highest BCUT2D eigenvalue weighted by molar-refractivity contribution is 5.88. The van der Waals surface area contributed by atoms with Gasteiger partial charge in [-0.15, -0.1) is 0 Å². The minimum atomic E-state index is -0.198. The van der Waals surface area contributed by atoms with E-state index < -0.39 is 0 Å². The lowest BCUT2D eigenvalue weighted by Crippen LogP contribution is -2.40. The molecular weight excluding hydrogens is 384 g/mol. The Hall–Kier alpha value is -3.59. The number of carbonyl (C=O) groups excluding carboxylic acids is 1. The van der Waals surface area contributed by atoms with Gasteiger partial charge in [0.2, 0.25) is 11.9 Å². The lowest BCUT2D eigenvalue weighted by molar-refractivity contribution is -0.114. The van der Waals surface area contributed by atoms with E-state index in [9.17, 15) is 9.59 Å². The summed E-state index contributed by atoms with van der Waals surface area (Å²) in [5, 5.41) is 2.75. The highest BCUT2D eigenvalue weighted by atomic mass is 16.5. The van der Waals surface area contributed by atoms with Crippen LogP contribution in [0.5, 0.6) is 0 Å². The highest BCUT2D eigenvalue weighted by Gasteiger charge is 2.25. The summed E-state index contributed by atoms with van der Waals surface area (Å²) >= 11 is 0. The van der Waals surface area contributed by atoms with E-state index in [2.05, 4.69) is 25.3 Å². The minimum Gasteiger partial charge on any atom is -0.370 e. The summed E-state index contributed by atoms with van der Waals surface area (Å²) < 4.78 is 5.94. The van der Waals surface area contributed by atoms with Gasteiger partial charge in [0.05, 0.1) is 18.8 Å². The molecule has 0 saturated carbocycles. The molecule has 0 aliphatic carbocycles. The highest BCUT2D eigenvalue weighted by Crippen LogP contribution is 2.26. The molecule has 1 aromatic carbocycles. The molecule has 9 heteroatoms. The van der Waals surface area contributed by atoms with Gasteiger partial charge in [0.1, 0.15) is 18.1 Å². The van der Waals surface area contributed by atoms with E-state index >= 15 is 0 Å². The van der Waals surface area contributed by atoms with Crippen molar-refractivity contribution in [3.05, 3.63) is 64.3 Å². The van der Waals surface area contributed by atoms with Gasteiger partial charge in [-0.05, 0) is 30.7 Å². The number of aromatic amines is 1. The number of aromatic nitrogens is 4. The number of H-pyrrole nitrogens is 1. The summed E-state index contributed by atoms with van der Waals surface area (Å²) in [5.74, 6) is 0.374. The Labute approximate surface area is 173 Å². The van der Waals surface area contributed by atoms with Crippen LogP contribution < -0.4 is 15.8 Å². The van der Waals surface area contributed by atoms with Crippen LogP contribution in [0.1, 0.15) is 24.2 Å². The van der Waals surface area contributed by atoms with E-state index in [4.69, 9.17) is 4.74 Å². The molecule has 0 radical (unpaired) electrons. The van der Waals surface area contributed by atoms with Crippen molar-refractivity contribution in [2.75, 3.05) is 29.9 Å². The van der Waals surface area contributed by atoms with Gasteiger partial charge in [0, 0.05) is 30.9 Å². The number of anilines is 2. The number of rotatable bonds is 4. The molecule has 9 nitrogen and oxygen atoms in total. The molecule has 4 rings (SSSR count). The lowest BCUT2D eigenvalue weighted by Gasteiger charge is -2.33. The van der Waals surface area contributed by atoms with Crippen molar-refractivity contribution < 1.29 is 9.53 Å². The molecule has 1 fully saturated rings. The zero-order valence-electron chi connectivity index (χ0n) is 16.8. The van der Waals surface area contributed by atoms with E-state index in [1.165, 1.54) is 13.3 Å². The van der Waals surface area contributed by atoms with Crippen molar-refractivity contribution in [2.24, 2.45) is 0 Å². The molecule has 3 heterocycles. The van der Waals surface area contributed by atoms with Crippen LogP contribution in [0.25, 0.3) is 11.4 Å². The van der Waals surface area contributed by atoms with Gasteiger partial charge in [-0.1, -0.05) is 12.1 Å². The molecule has 1 amide bonds. The summed E-state index contributed by atoms with van der Waals surface area (Å²) in [5.41, 5.74) is 3.18. The summed E-state index contributed by atoms with van der Waals surface area (Å²) in [6.07, 6.45) is 2.88. The van der Waals surface area contributed by atoms with E-state index in [-0.39, 0.29) is 17.6 Å². The summed E-state index contributed by atoms with van der Waals surface area (Å²) in [7, 11) is 0. The maximum atomic E-state index is 12.5. The van der Waals surface area contributed by atoms with Crippen LogP contribution in [0.4, 0.5) is 11.6 Å². The Morgan fingerprint density at radius 2 is 2.07 bits per heavy atom. The van der Waals surface area contributed by atoms with Crippen LogP contribution in [0.3, 0.4) is 0 Å². The van der Waals surface area contributed by atoms with Crippen molar-refractivity contribution in [2.45, 2.75) is 20.0 Å². The van der Waals surface area contributed by atoms with Gasteiger partial charge in [-0.25, -0.2) is 15.0 Å². The van der Waals surface area contributed by atoms with E-state index in [0.29, 0.717) is 42.6 Å². The number of hydrogen-bond acceptors (Lipinski definition) is 7. The SMILES string of the molecule is CC(=O)Nc1ccc(C2CN(c3nc(-c4ccncn4)c(C)c(=O)[nH]3)CCO2)cc1. The molecule has 0 spiro atoms. The average molecular weight is 406 g/mol. The number of morpholine rings is 1. The van der Waals surface area contributed by atoms with Gasteiger partial charge >= 0.3 is 0 Å². The zero-order valence-corrected chi connectivity index (χ0v) is 16.8. The van der Waals surface area contributed by atoms with Crippen LogP contribution in [0.15, 0.2) is 47.7 Å². The van der Waals surface area contributed by atoms with Crippen molar-refractivity contribution >= 4 is 17.5 Å². The second kappa shape index (κ2) is 8.42. The third-order valence-corrected chi connectivity index (χ3v) is 4.93. The second-order valence-electron chi connectivity index (χ2n) is 7.07. The molecular formula is C21H22N6O3. The van der Waals surface area contributed by atoms with Gasteiger partial charge in [-0.3, -0.25) is 14.6 Å². The fourth-order valence-corrected chi connectivity index (χ4v) is 3.38. The molecule has 2 N–H and O–H groups in total. The first-order valence-electron chi connectivity index (χ1n) is 9.62. The smallest absolute Gasteiger partial charge is 0.255 e. The molecule has 30 heavy (non-hydrogen) atoms. The quantitative estimate of drug-likeness (QED) is 0.682. The molecule has 154 valence electrons. The molecule has 1 unspecified atom stereocenters. The van der Waals surface area contributed by atoms with Gasteiger partial charge in [0.25, 0.3) is 5.56 Å². The Bertz CT molecular complexity index is 1100. The third kappa shape index (κ3) is 4.20. The average Bonchev–Trinajstić information content (AvgIpc) is 2.76. The van der Waals surface area contributed by atoms with Crippen LogP contribution >= 0.6 is 0 Å². The predicted molar refractivity (Wildman–Crippen MR) is 112 cm³/mol. The Morgan fingerprint density at radius 3 is 2.77 bits per heavy atom. The second-order valence-corrected chi connectivity index (χ2v) is 7.07. The van der Waals surface area contributed by atoms with E-state index in [0.717, 1.165) is 11.3 Å². The topological polar surface area (TPSA) is 113 Å². The molecule has 1 aliphatic rings. The molecule has 3 aromatic rings. The van der Waals surface area contributed by atoms with Crippen molar-refractivity contribution in [3.63, 3.8) is 0 Å². The fraction of sp³-hybridized carbons (Fsp3) is 0.286. The number of benzene rings is 1. The fourth-order valence-electron chi connectivity index (χ4n) is 3.38. The van der Waals surface area contributed by atoms with E-state index in [1.807, 2.05) is 29.2 Å². The molecule has 1 aliphatic heterocycles. The normalized spacial score (nSPS) is 16.3. The Morgan fingerprint density at radius 1 is 1.27 bits per heavy atom. The lowest BCUT2D eigenvalue weighted by atomic mass is 10.1. The van der Waals surface area contributed by atoms with Crippen molar-refractivity contribution in [3.8, 4) is 11.4 Å². The molecule has 2 aromatic heterocycles. The number of nitrogens with zero attached hydrogens (tertiary/aromatic N) is 4. The molecule has 1 saturated heterocycles. The van der Waals surface area contributed by atoms with Crippen LogP contribution in [-0.4, -0.2) is 45.5 Å². The third-order valence-electron chi connectivity index (χ3n) is 4.93. The predicted octanol–water partition coefficient (Wildman–Crippen LogP) is 2.07. The first-order valence-corrected chi connectivity index (χ1v) is 9.62. The number of ether oxygens (including phenoxy) is 1. The van der Waals surface area contributed by atoms with Crippen molar-refractivity contribution in [1.29, 1.82) is 0 Å². The van der Waals surface area contributed by atoms with Gasteiger partial charge in [-0.2, -0.15) is 0 Å². The van der Waals surface area contributed by atoms with Crippen LogP contribution in [0, 0.1) is 6.92 Å². The Kier molecular flexibility index (Phi) is 5.53. The first kappa shape index (κ1) is 19.7. The van der Waals surface area contributed by atoms with Gasteiger partial charge in [0.15, 0.2) is 0 Å². The molecule has 0 bridgehead atoms. The van der Waals surface area contributed by atoms with Crippen LogP contribution in [-0.2, 0) is 9.53 Å². The summed E-state index contributed by atoms with van der Waals surface area (Å²) in [6, 6.07) is 9.28. The first-order chi connectivity index (χ1) is 14.5. The monoisotopic (exact) mass is 406 g/mol. The minimum absolute atomic E-state index is 0.114. The summed E-state index contributed by atoms with van der Waals surface area (Å²) in [6.45, 7) is 4.84.